The van der Waals surface area contributed by atoms with Crippen LogP contribution in [0.25, 0.3) is 16.7 Å². The highest BCUT2D eigenvalue weighted by Gasteiger charge is 2.33. The molecular weight excluding hydrogens is 346 g/mol. The van der Waals surface area contributed by atoms with Gasteiger partial charge in [0.1, 0.15) is 17.0 Å². The van der Waals surface area contributed by atoms with E-state index in [-0.39, 0.29) is 28.2 Å². The third kappa shape index (κ3) is 2.84. The number of rotatable bonds is 3. The van der Waals surface area contributed by atoms with E-state index < -0.39 is 34.6 Å². The fraction of sp³-hybridized carbons (Fsp3) is 0.143. The van der Waals surface area contributed by atoms with Gasteiger partial charge in [0.05, 0.1) is 17.7 Å². The minimum absolute atomic E-state index is 0.152. The largest absolute Gasteiger partial charge is 0.431 e. The summed E-state index contributed by atoms with van der Waals surface area (Å²) < 4.78 is 53.8. The summed E-state index contributed by atoms with van der Waals surface area (Å²) in [5.74, 6) is -1.01. The smallest absolute Gasteiger partial charge is 0.303 e. The Morgan fingerprint density at radius 3 is 2.56 bits per heavy atom. The lowest BCUT2D eigenvalue weighted by Gasteiger charge is -2.10. The molecule has 0 aliphatic rings. The first-order valence-electron chi connectivity index (χ1n) is 6.80. The molecule has 11 heteroatoms. The van der Waals surface area contributed by atoms with Gasteiger partial charge in [0.15, 0.2) is 0 Å². The Bertz CT molecular complexity index is 1060. The number of benzene rings is 1. The molecule has 0 saturated heterocycles. The Kier molecular flexibility index (Phi) is 3.78. The Labute approximate surface area is 135 Å². The van der Waals surface area contributed by atoms with E-state index in [0.717, 1.165) is 12.1 Å². The van der Waals surface area contributed by atoms with Crippen LogP contribution in [0.15, 0.2) is 40.4 Å². The van der Waals surface area contributed by atoms with E-state index in [9.17, 15) is 27.2 Å². The van der Waals surface area contributed by atoms with Crippen LogP contribution in [0.4, 0.5) is 17.6 Å². The molecule has 3 aromatic rings. The van der Waals surface area contributed by atoms with Gasteiger partial charge in [-0.05, 0) is 6.07 Å². The molecule has 7 nitrogen and oxygen atoms in total. The van der Waals surface area contributed by atoms with E-state index in [1.165, 1.54) is 15.7 Å². The average Bonchev–Trinajstić information content (AvgIpc) is 2.88. The van der Waals surface area contributed by atoms with Crippen molar-refractivity contribution in [1.29, 1.82) is 0 Å². The fourth-order valence-corrected chi connectivity index (χ4v) is 2.28. The SMILES string of the molecule is C=CCn1nnc2cc(F)c(-n3c(=O)cc(C(F)(F)F)[nH]c3=O)cc21. The van der Waals surface area contributed by atoms with Crippen molar-refractivity contribution < 1.29 is 17.6 Å². The first-order valence-corrected chi connectivity index (χ1v) is 6.80. The normalized spacial score (nSPS) is 11.8. The summed E-state index contributed by atoms with van der Waals surface area (Å²) >= 11 is 0. The summed E-state index contributed by atoms with van der Waals surface area (Å²) in [6.45, 7) is 3.74. The summed E-state index contributed by atoms with van der Waals surface area (Å²) in [4.78, 5) is 25.4. The molecule has 2 heterocycles. The van der Waals surface area contributed by atoms with Crippen LogP contribution < -0.4 is 11.2 Å². The number of hydrogen-bond acceptors (Lipinski definition) is 4. The van der Waals surface area contributed by atoms with E-state index in [1.807, 2.05) is 0 Å². The molecule has 0 aliphatic heterocycles. The van der Waals surface area contributed by atoms with Crippen molar-refractivity contribution in [2.24, 2.45) is 0 Å². The molecule has 3 rings (SSSR count). The summed E-state index contributed by atoms with van der Waals surface area (Å²) in [6, 6.07) is 2.23. The third-order valence-corrected chi connectivity index (χ3v) is 3.36. The van der Waals surface area contributed by atoms with Crippen LogP contribution in [0.3, 0.4) is 0 Å². The van der Waals surface area contributed by atoms with E-state index in [1.54, 1.807) is 0 Å². The summed E-state index contributed by atoms with van der Waals surface area (Å²) in [6.07, 6.45) is -3.42. The second kappa shape index (κ2) is 5.69. The standard InChI is InChI=1S/C14H9F4N5O2/c1-2-3-22-10-5-9(7(15)4-8(10)20-21-22)23-12(24)6-11(14(16,17)18)19-13(23)25/h2,4-6H,1,3H2,(H,19,25). The second-order valence-corrected chi connectivity index (χ2v) is 5.01. The summed E-state index contributed by atoms with van der Waals surface area (Å²) in [5.41, 5.74) is -4.33. The lowest BCUT2D eigenvalue weighted by Crippen LogP contribution is -2.36. The summed E-state index contributed by atoms with van der Waals surface area (Å²) in [5, 5.41) is 7.49. The van der Waals surface area contributed by atoms with Gasteiger partial charge in [-0.15, -0.1) is 11.7 Å². The maximum Gasteiger partial charge on any atom is 0.431 e. The molecule has 0 amide bonds. The zero-order chi connectivity index (χ0) is 18.4. The number of H-pyrrole nitrogens is 1. The van der Waals surface area contributed by atoms with Crippen molar-refractivity contribution in [3.63, 3.8) is 0 Å². The van der Waals surface area contributed by atoms with Crippen LogP contribution in [0.5, 0.6) is 0 Å². The summed E-state index contributed by atoms with van der Waals surface area (Å²) in [7, 11) is 0. The number of aromatic amines is 1. The molecule has 2 aromatic heterocycles. The van der Waals surface area contributed by atoms with Gasteiger partial charge in [-0.25, -0.2) is 18.4 Å². The van der Waals surface area contributed by atoms with Crippen LogP contribution in [-0.4, -0.2) is 24.5 Å². The number of allylic oxidation sites excluding steroid dienone is 1. The predicted molar refractivity (Wildman–Crippen MR) is 78.9 cm³/mol. The molecule has 0 atom stereocenters. The molecule has 0 radical (unpaired) electrons. The lowest BCUT2D eigenvalue weighted by atomic mass is 10.2. The minimum atomic E-state index is -4.91. The van der Waals surface area contributed by atoms with Crippen LogP contribution in [0, 0.1) is 5.82 Å². The van der Waals surface area contributed by atoms with Crippen molar-refractivity contribution >= 4 is 11.0 Å². The monoisotopic (exact) mass is 355 g/mol. The van der Waals surface area contributed by atoms with Crippen molar-refractivity contribution in [2.75, 3.05) is 0 Å². The average molecular weight is 355 g/mol. The highest BCUT2D eigenvalue weighted by molar-refractivity contribution is 5.77. The molecular formula is C14H9F4N5O2. The van der Waals surface area contributed by atoms with E-state index >= 15 is 0 Å². The number of nitrogens with zero attached hydrogens (tertiary/aromatic N) is 4. The maximum atomic E-state index is 14.3. The van der Waals surface area contributed by atoms with Crippen molar-refractivity contribution in [1.82, 2.24) is 24.5 Å². The number of alkyl halides is 3. The molecule has 0 unspecified atom stereocenters. The van der Waals surface area contributed by atoms with E-state index in [2.05, 4.69) is 16.9 Å². The van der Waals surface area contributed by atoms with Gasteiger partial charge in [-0.2, -0.15) is 13.2 Å². The van der Waals surface area contributed by atoms with Gasteiger partial charge in [-0.1, -0.05) is 11.3 Å². The number of fused-ring (bicyclic) bond motifs is 1. The number of halogens is 4. The van der Waals surface area contributed by atoms with Gasteiger partial charge in [0.25, 0.3) is 5.56 Å². The van der Waals surface area contributed by atoms with Crippen LogP contribution >= 0.6 is 0 Å². The van der Waals surface area contributed by atoms with Crippen molar-refractivity contribution in [3.05, 3.63) is 63.2 Å². The van der Waals surface area contributed by atoms with Crippen LogP contribution in [0.2, 0.25) is 0 Å². The van der Waals surface area contributed by atoms with E-state index in [4.69, 9.17) is 0 Å². The zero-order valence-electron chi connectivity index (χ0n) is 12.3. The second-order valence-electron chi connectivity index (χ2n) is 5.01. The lowest BCUT2D eigenvalue weighted by molar-refractivity contribution is -0.141. The maximum absolute atomic E-state index is 14.3. The number of aromatic nitrogens is 5. The molecule has 25 heavy (non-hydrogen) atoms. The highest BCUT2D eigenvalue weighted by Crippen LogP contribution is 2.26. The Hall–Kier alpha value is -3.24. The van der Waals surface area contributed by atoms with Gasteiger partial charge < -0.3 is 4.98 Å². The predicted octanol–water partition coefficient (Wildman–Crippen LogP) is 1.61. The Balaban J connectivity index is 2.28. The quantitative estimate of drug-likeness (QED) is 0.571. The fourth-order valence-electron chi connectivity index (χ4n) is 2.28. The zero-order valence-corrected chi connectivity index (χ0v) is 12.3. The van der Waals surface area contributed by atoms with Gasteiger partial charge >= 0.3 is 11.9 Å². The third-order valence-electron chi connectivity index (χ3n) is 3.36. The van der Waals surface area contributed by atoms with Crippen molar-refractivity contribution in [2.45, 2.75) is 12.7 Å². The molecule has 1 aromatic carbocycles. The highest BCUT2D eigenvalue weighted by atomic mass is 19.4. The molecule has 130 valence electrons. The van der Waals surface area contributed by atoms with Gasteiger partial charge in [0.2, 0.25) is 0 Å². The molecule has 0 fully saturated rings. The number of hydrogen-bond donors (Lipinski definition) is 1. The van der Waals surface area contributed by atoms with Gasteiger partial charge in [-0.3, -0.25) is 4.79 Å². The molecule has 0 saturated carbocycles. The van der Waals surface area contributed by atoms with Crippen LogP contribution in [-0.2, 0) is 12.7 Å². The molecule has 1 N–H and O–H groups in total. The first-order chi connectivity index (χ1) is 11.7. The van der Waals surface area contributed by atoms with Crippen molar-refractivity contribution in [3.8, 4) is 5.69 Å². The Morgan fingerprint density at radius 1 is 1.24 bits per heavy atom. The minimum Gasteiger partial charge on any atom is -0.303 e. The van der Waals surface area contributed by atoms with Crippen LogP contribution in [0.1, 0.15) is 5.69 Å². The number of nitrogens with one attached hydrogen (secondary N) is 1. The molecule has 0 spiro atoms. The molecule has 0 aliphatic carbocycles. The van der Waals surface area contributed by atoms with Gasteiger partial charge in [0, 0.05) is 12.1 Å². The topological polar surface area (TPSA) is 85.6 Å². The molecule has 0 bridgehead atoms. The Morgan fingerprint density at radius 2 is 1.96 bits per heavy atom. The van der Waals surface area contributed by atoms with E-state index in [0.29, 0.717) is 0 Å². The first kappa shape index (κ1) is 16.6.